The maximum absolute atomic E-state index is 5.44. The molecule has 3 heteroatoms. The second-order valence-corrected chi connectivity index (χ2v) is 6.97. The molecule has 0 amide bonds. The first-order valence-electron chi connectivity index (χ1n) is 7.49. The van der Waals surface area contributed by atoms with E-state index in [1.165, 1.54) is 42.7 Å². The highest BCUT2D eigenvalue weighted by atomic mass is 32.2. The van der Waals surface area contributed by atoms with Crippen molar-refractivity contribution in [2.45, 2.75) is 42.2 Å². The van der Waals surface area contributed by atoms with Crippen molar-refractivity contribution < 1.29 is 4.74 Å². The first-order chi connectivity index (χ1) is 9.42. The van der Waals surface area contributed by atoms with Crippen LogP contribution in [-0.4, -0.2) is 25.0 Å². The second kappa shape index (κ2) is 6.67. The highest BCUT2D eigenvalue weighted by molar-refractivity contribution is 8.00. The van der Waals surface area contributed by atoms with Crippen molar-refractivity contribution in [3.8, 4) is 0 Å². The Morgan fingerprint density at radius 2 is 2.00 bits per heavy atom. The maximum Gasteiger partial charge on any atom is 0.0511 e. The van der Waals surface area contributed by atoms with E-state index in [0.29, 0.717) is 5.92 Å². The molecule has 2 nitrogen and oxygen atoms in total. The van der Waals surface area contributed by atoms with Crippen LogP contribution < -0.4 is 5.32 Å². The van der Waals surface area contributed by atoms with Crippen LogP contribution in [0.3, 0.4) is 0 Å². The SMILES string of the molecule is c1ccc(SC2CCCC2)c(NCC2CCOC2)c1. The van der Waals surface area contributed by atoms with E-state index in [1.54, 1.807) is 0 Å². The minimum Gasteiger partial charge on any atom is -0.384 e. The summed E-state index contributed by atoms with van der Waals surface area (Å²) in [6.45, 7) is 2.90. The first-order valence-corrected chi connectivity index (χ1v) is 8.37. The molecular weight excluding hydrogens is 254 g/mol. The van der Waals surface area contributed by atoms with Gasteiger partial charge in [0, 0.05) is 34.9 Å². The van der Waals surface area contributed by atoms with Crippen LogP contribution in [0.4, 0.5) is 5.69 Å². The zero-order valence-corrected chi connectivity index (χ0v) is 12.3. The summed E-state index contributed by atoms with van der Waals surface area (Å²) in [6, 6.07) is 8.76. The molecule has 1 saturated carbocycles. The Morgan fingerprint density at radius 1 is 1.16 bits per heavy atom. The van der Waals surface area contributed by atoms with Crippen LogP contribution in [0.5, 0.6) is 0 Å². The third-order valence-electron chi connectivity index (χ3n) is 4.09. The lowest BCUT2D eigenvalue weighted by Gasteiger charge is -2.16. The molecule has 0 spiro atoms. The molecule has 1 unspecified atom stereocenters. The average Bonchev–Trinajstić information content (AvgIpc) is 3.10. The maximum atomic E-state index is 5.44. The molecular formula is C16H23NOS. The molecule has 19 heavy (non-hydrogen) atoms. The highest BCUT2D eigenvalue weighted by Gasteiger charge is 2.19. The Hall–Kier alpha value is -0.670. The number of ether oxygens (including phenoxy) is 1. The molecule has 1 aliphatic carbocycles. The second-order valence-electron chi connectivity index (χ2n) is 5.63. The number of anilines is 1. The van der Waals surface area contributed by atoms with E-state index in [9.17, 15) is 0 Å². The molecule has 1 aromatic carbocycles. The molecule has 0 bridgehead atoms. The third-order valence-corrected chi connectivity index (χ3v) is 5.50. The summed E-state index contributed by atoms with van der Waals surface area (Å²) >= 11 is 2.07. The third kappa shape index (κ3) is 3.67. The van der Waals surface area contributed by atoms with E-state index >= 15 is 0 Å². The van der Waals surface area contributed by atoms with Crippen molar-refractivity contribution in [3.63, 3.8) is 0 Å². The number of hydrogen-bond donors (Lipinski definition) is 1. The van der Waals surface area contributed by atoms with Crippen LogP contribution in [-0.2, 0) is 4.74 Å². The number of benzene rings is 1. The molecule has 0 radical (unpaired) electrons. The predicted molar refractivity (Wildman–Crippen MR) is 82.0 cm³/mol. The van der Waals surface area contributed by atoms with Gasteiger partial charge in [-0.25, -0.2) is 0 Å². The number of hydrogen-bond acceptors (Lipinski definition) is 3. The standard InChI is InChI=1S/C16H23NOS/c1-2-6-14(5-1)19-16-8-4-3-7-15(16)17-11-13-9-10-18-12-13/h3-4,7-8,13-14,17H,1-2,5-6,9-12H2. The van der Waals surface area contributed by atoms with E-state index in [1.807, 2.05) is 0 Å². The topological polar surface area (TPSA) is 21.3 Å². The van der Waals surface area contributed by atoms with E-state index in [-0.39, 0.29) is 0 Å². The molecule has 0 aromatic heterocycles. The molecule has 1 heterocycles. The van der Waals surface area contributed by atoms with Gasteiger partial charge in [0.05, 0.1) is 6.61 Å². The van der Waals surface area contributed by atoms with Crippen LogP contribution in [0.1, 0.15) is 32.1 Å². The van der Waals surface area contributed by atoms with Crippen molar-refractivity contribution in [2.24, 2.45) is 5.92 Å². The lowest BCUT2D eigenvalue weighted by Crippen LogP contribution is -2.14. The lowest BCUT2D eigenvalue weighted by atomic mass is 10.1. The van der Waals surface area contributed by atoms with Crippen molar-refractivity contribution in [1.29, 1.82) is 0 Å². The van der Waals surface area contributed by atoms with Crippen molar-refractivity contribution in [2.75, 3.05) is 25.1 Å². The van der Waals surface area contributed by atoms with Crippen LogP contribution in [0.25, 0.3) is 0 Å². The van der Waals surface area contributed by atoms with Crippen molar-refractivity contribution in [3.05, 3.63) is 24.3 Å². The van der Waals surface area contributed by atoms with E-state index < -0.39 is 0 Å². The summed E-state index contributed by atoms with van der Waals surface area (Å²) in [5, 5.41) is 4.46. The van der Waals surface area contributed by atoms with Crippen LogP contribution >= 0.6 is 11.8 Å². The fourth-order valence-corrected chi connectivity index (χ4v) is 4.25. The Bertz CT molecular complexity index is 397. The molecule has 2 fully saturated rings. The monoisotopic (exact) mass is 277 g/mol. The average molecular weight is 277 g/mol. The van der Waals surface area contributed by atoms with Gasteiger partial charge >= 0.3 is 0 Å². The van der Waals surface area contributed by atoms with Gasteiger partial charge in [-0.15, -0.1) is 11.8 Å². The summed E-state index contributed by atoms with van der Waals surface area (Å²) in [5.41, 5.74) is 1.31. The van der Waals surface area contributed by atoms with Gasteiger partial charge in [-0.2, -0.15) is 0 Å². The fraction of sp³-hybridized carbons (Fsp3) is 0.625. The van der Waals surface area contributed by atoms with Gasteiger partial charge < -0.3 is 10.1 Å². The number of para-hydroxylation sites is 1. The summed E-state index contributed by atoms with van der Waals surface area (Å²) in [6.07, 6.45) is 6.79. The molecule has 2 aliphatic rings. The van der Waals surface area contributed by atoms with Gasteiger partial charge in [-0.3, -0.25) is 0 Å². The van der Waals surface area contributed by atoms with Gasteiger partial charge in [0.2, 0.25) is 0 Å². The quantitative estimate of drug-likeness (QED) is 0.873. The zero-order valence-electron chi connectivity index (χ0n) is 11.4. The minimum atomic E-state index is 0.685. The Labute approximate surface area is 120 Å². The summed E-state index contributed by atoms with van der Waals surface area (Å²) in [5.74, 6) is 0.685. The Kier molecular flexibility index (Phi) is 4.67. The van der Waals surface area contributed by atoms with Gasteiger partial charge in [0.25, 0.3) is 0 Å². The number of nitrogens with one attached hydrogen (secondary N) is 1. The minimum absolute atomic E-state index is 0.685. The van der Waals surface area contributed by atoms with Crippen LogP contribution in [0, 0.1) is 5.92 Å². The van der Waals surface area contributed by atoms with E-state index in [2.05, 4.69) is 41.3 Å². The van der Waals surface area contributed by atoms with E-state index in [0.717, 1.165) is 25.0 Å². The smallest absolute Gasteiger partial charge is 0.0511 e. The largest absolute Gasteiger partial charge is 0.384 e. The zero-order chi connectivity index (χ0) is 12.9. The Morgan fingerprint density at radius 3 is 2.79 bits per heavy atom. The number of rotatable bonds is 5. The van der Waals surface area contributed by atoms with Gasteiger partial charge in [0.1, 0.15) is 0 Å². The fourth-order valence-electron chi connectivity index (χ4n) is 2.90. The van der Waals surface area contributed by atoms with Gasteiger partial charge in [-0.05, 0) is 31.4 Å². The number of thioether (sulfide) groups is 1. The predicted octanol–water partition coefficient (Wildman–Crippen LogP) is 4.17. The molecule has 1 aliphatic heterocycles. The molecule has 1 atom stereocenters. The molecule has 1 aromatic rings. The van der Waals surface area contributed by atoms with Gasteiger partial charge in [-0.1, -0.05) is 25.0 Å². The summed E-state index contributed by atoms with van der Waals surface area (Å²) in [4.78, 5) is 1.42. The molecule has 104 valence electrons. The highest BCUT2D eigenvalue weighted by Crippen LogP contribution is 2.38. The Balaban J connectivity index is 1.59. The van der Waals surface area contributed by atoms with Crippen LogP contribution in [0.2, 0.25) is 0 Å². The summed E-state index contributed by atoms with van der Waals surface area (Å²) in [7, 11) is 0. The normalized spacial score (nSPS) is 23.9. The molecule has 3 rings (SSSR count). The van der Waals surface area contributed by atoms with E-state index in [4.69, 9.17) is 4.74 Å². The molecule has 1 N–H and O–H groups in total. The first kappa shape index (κ1) is 13.3. The van der Waals surface area contributed by atoms with Gasteiger partial charge in [0.15, 0.2) is 0 Å². The molecule has 1 saturated heterocycles. The lowest BCUT2D eigenvalue weighted by molar-refractivity contribution is 0.187. The van der Waals surface area contributed by atoms with Crippen molar-refractivity contribution in [1.82, 2.24) is 0 Å². The summed E-state index contributed by atoms with van der Waals surface area (Å²) < 4.78 is 5.44. The van der Waals surface area contributed by atoms with Crippen LogP contribution in [0.15, 0.2) is 29.2 Å². The van der Waals surface area contributed by atoms with Crippen molar-refractivity contribution >= 4 is 17.4 Å².